The van der Waals surface area contributed by atoms with Gasteiger partial charge in [0.25, 0.3) is 15.9 Å². The monoisotopic (exact) mass is 493 g/mol. The molecule has 0 heterocycles. The number of rotatable bonds is 8. The smallest absolute Gasteiger partial charge is 0.265 e. The van der Waals surface area contributed by atoms with Gasteiger partial charge in [-0.1, -0.05) is 23.7 Å². The van der Waals surface area contributed by atoms with Gasteiger partial charge in [0.15, 0.2) is 0 Å². The number of methoxy groups -OCH3 is 2. The summed E-state index contributed by atoms with van der Waals surface area (Å²) in [5.74, 6) is -1.07. The molecule has 1 amide bonds. The van der Waals surface area contributed by atoms with E-state index in [4.69, 9.17) is 26.8 Å². The van der Waals surface area contributed by atoms with Gasteiger partial charge < -0.3 is 20.5 Å². The number of nitrogens with one attached hydrogen (secondary N) is 2. The van der Waals surface area contributed by atoms with Gasteiger partial charge in [0.05, 0.1) is 30.5 Å². The van der Waals surface area contributed by atoms with Crippen molar-refractivity contribution in [2.24, 2.45) is 5.73 Å². The molecule has 0 aliphatic rings. The zero-order valence-corrected chi connectivity index (χ0v) is 19.3. The van der Waals surface area contributed by atoms with Crippen LogP contribution in [-0.2, 0) is 16.6 Å². The number of nitrogens with two attached hydrogens (primary N) is 1. The van der Waals surface area contributed by atoms with Crippen molar-refractivity contribution in [2.45, 2.75) is 11.4 Å². The van der Waals surface area contributed by atoms with Crippen LogP contribution in [0.4, 0.5) is 15.8 Å². The highest BCUT2D eigenvalue weighted by molar-refractivity contribution is 7.92. The summed E-state index contributed by atoms with van der Waals surface area (Å²) in [5, 5.41) is 2.46. The molecule has 3 aromatic rings. The number of hydrogen-bond donors (Lipinski definition) is 3. The third-order valence-electron chi connectivity index (χ3n) is 4.68. The number of ether oxygens (including phenoxy) is 2. The molecule has 0 aliphatic heterocycles. The predicted molar refractivity (Wildman–Crippen MR) is 124 cm³/mol. The molecule has 3 aromatic carbocycles. The van der Waals surface area contributed by atoms with E-state index in [0.717, 1.165) is 6.07 Å². The second-order valence-corrected chi connectivity index (χ2v) is 8.81. The average Bonchev–Trinajstić information content (AvgIpc) is 2.78. The van der Waals surface area contributed by atoms with E-state index < -0.39 is 21.7 Å². The van der Waals surface area contributed by atoms with E-state index in [0.29, 0.717) is 11.3 Å². The molecule has 174 valence electrons. The molecule has 0 aromatic heterocycles. The molecule has 0 bridgehead atoms. The predicted octanol–water partition coefficient (Wildman–Crippen LogP) is 4.01. The van der Waals surface area contributed by atoms with Crippen LogP contribution in [0.2, 0.25) is 5.02 Å². The van der Waals surface area contributed by atoms with Crippen LogP contribution in [-0.4, -0.2) is 28.5 Å². The fourth-order valence-electron chi connectivity index (χ4n) is 3.03. The van der Waals surface area contributed by atoms with Gasteiger partial charge in [-0.15, -0.1) is 0 Å². The highest BCUT2D eigenvalue weighted by Gasteiger charge is 2.22. The molecule has 33 heavy (non-hydrogen) atoms. The third kappa shape index (κ3) is 5.36. The minimum absolute atomic E-state index is 0.0188. The van der Waals surface area contributed by atoms with E-state index in [1.807, 2.05) is 0 Å². The van der Waals surface area contributed by atoms with Gasteiger partial charge in [0.2, 0.25) is 0 Å². The number of anilines is 2. The van der Waals surface area contributed by atoms with Crippen molar-refractivity contribution in [1.29, 1.82) is 0 Å². The molecule has 3 rings (SSSR count). The van der Waals surface area contributed by atoms with Crippen molar-refractivity contribution < 1.29 is 27.1 Å². The highest BCUT2D eigenvalue weighted by atomic mass is 35.5. The van der Waals surface area contributed by atoms with Crippen LogP contribution < -0.4 is 25.2 Å². The van der Waals surface area contributed by atoms with Gasteiger partial charge in [-0.05, 0) is 42.0 Å². The topological polar surface area (TPSA) is 120 Å². The van der Waals surface area contributed by atoms with Gasteiger partial charge in [-0.2, -0.15) is 0 Å². The Bertz CT molecular complexity index is 1280. The Labute approximate surface area is 195 Å². The van der Waals surface area contributed by atoms with Crippen molar-refractivity contribution in [3.8, 4) is 11.5 Å². The van der Waals surface area contributed by atoms with Gasteiger partial charge in [-0.3, -0.25) is 9.52 Å². The van der Waals surface area contributed by atoms with Crippen molar-refractivity contribution >= 4 is 38.9 Å². The first kappa shape index (κ1) is 24.3. The maximum Gasteiger partial charge on any atom is 0.265 e. The number of hydrogen-bond acceptors (Lipinski definition) is 6. The summed E-state index contributed by atoms with van der Waals surface area (Å²) >= 11 is 5.94. The molecule has 4 N–H and O–H groups in total. The number of benzene rings is 3. The lowest BCUT2D eigenvalue weighted by Crippen LogP contribution is -2.18. The molecule has 0 fully saturated rings. The zero-order chi connectivity index (χ0) is 24.2. The van der Waals surface area contributed by atoms with Crippen LogP contribution in [0.1, 0.15) is 15.9 Å². The lowest BCUT2D eigenvalue weighted by Gasteiger charge is -2.16. The fourth-order valence-corrected chi connectivity index (χ4v) is 4.52. The molecule has 11 heteroatoms. The van der Waals surface area contributed by atoms with Crippen molar-refractivity contribution in [3.63, 3.8) is 0 Å². The molecule has 0 saturated carbocycles. The Morgan fingerprint density at radius 1 is 1.09 bits per heavy atom. The molecular weight excluding hydrogens is 473 g/mol. The van der Waals surface area contributed by atoms with Crippen LogP contribution in [0.25, 0.3) is 0 Å². The highest BCUT2D eigenvalue weighted by Crippen LogP contribution is 2.31. The molecule has 0 unspecified atom stereocenters. The SMILES string of the molecule is COc1ccc(S(=O)(=O)Nc2cc(NC(=O)c3c(F)cccc3Cl)ccc2CN)c(OC)c1. The summed E-state index contributed by atoms with van der Waals surface area (Å²) in [4.78, 5) is 12.4. The van der Waals surface area contributed by atoms with Crippen LogP contribution in [0.15, 0.2) is 59.5 Å². The van der Waals surface area contributed by atoms with Crippen LogP contribution in [0, 0.1) is 5.82 Å². The fraction of sp³-hybridized carbons (Fsp3) is 0.136. The van der Waals surface area contributed by atoms with Gasteiger partial charge in [0.1, 0.15) is 22.2 Å². The molecule has 0 spiro atoms. The zero-order valence-electron chi connectivity index (χ0n) is 17.7. The Morgan fingerprint density at radius 2 is 1.85 bits per heavy atom. The summed E-state index contributed by atoms with van der Waals surface area (Å²) in [5.41, 5.74) is 6.23. The van der Waals surface area contributed by atoms with Crippen LogP contribution >= 0.6 is 11.6 Å². The summed E-state index contributed by atoms with van der Waals surface area (Å²) in [6.07, 6.45) is 0. The minimum Gasteiger partial charge on any atom is -0.497 e. The largest absolute Gasteiger partial charge is 0.497 e. The minimum atomic E-state index is -4.10. The number of halogens is 2. The first-order valence-electron chi connectivity index (χ1n) is 9.53. The van der Waals surface area contributed by atoms with Crippen molar-refractivity contribution in [3.05, 3.63) is 76.6 Å². The Kier molecular flexibility index (Phi) is 7.42. The molecule has 0 saturated heterocycles. The van der Waals surface area contributed by atoms with Crippen molar-refractivity contribution in [1.82, 2.24) is 0 Å². The van der Waals surface area contributed by atoms with Gasteiger partial charge in [0, 0.05) is 18.3 Å². The Balaban J connectivity index is 1.94. The molecular formula is C22H21ClFN3O5S. The lowest BCUT2D eigenvalue weighted by molar-refractivity contribution is 0.102. The Morgan fingerprint density at radius 3 is 2.48 bits per heavy atom. The van der Waals surface area contributed by atoms with Crippen molar-refractivity contribution in [2.75, 3.05) is 24.3 Å². The van der Waals surface area contributed by atoms with E-state index in [1.54, 1.807) is 6.07 Å². The van der Waals surface area contributed by atoms with Gasteiger partial charge in [-0.25, -0.2) is 12.8 Å². The number of sulfonamides is 1. The Hall–Kier alpha value is -3.34. The van der Waals surface area contributed by atoms with Crippen LogP contribution in [0.5, 0.6) is 11.5 Å². The lowest BCUT2D eigenvalue weighted by atomic mass is 10.1. The number of carbonyl (C=O) groups excluding carboxylic acids is 1. The second kappa shape index (κ2) is 10.1. The maximum atomic E-state index is 14.1. The van der Waals surface area contributed by atoms with E-state index >= 15 is 0 Å². The van der Waals surface area contributed by atoms with Gasteiger partial charge >= 0.3 is 0 Å². The normalized spacial score (nSPS) is 11.1. The van der Waals surface area contributed by atoms with E-state index in [-0.39, 0.29) is 39.2 Å². The standard InChI is InChI=1S/C22H21ClFN3O5S/c1-31-15-8-9-20(19(11-15)32-2)33(29,30)27-18-10-14(7-6-13(18)12-25)26-22(28)21-16(23)4-3-5-17(21)24/h3-11,27H,12,25H2,1-2H3,(H,26,28). The van der Waals surface area contributed by atoms with E-state index in [2.05, 4.69) is 10.0 Å². The first-order valence-corrected chi connectivity index (χ1v) is 11.4. The molecule has 0 atom stereocenters. The average molecular weight is 494 g/mol. The molecule has 8 nitrogen and oxygen atoms in total. The summed E-state index contributed by atoms with van der Waals surface area (Å²) < 4.78 is 52.9. The third-order valence-corrected chi connectivity index (χ3v) is 6.40. The molecule has 0 radical (unpaired) electrons. The summed E-state index contributed by atoms with van der Waals surface area (Å²) in [6, 6.07) is 12.6. The maximum absolute atomic E-state index is 14.1. The van der Waals surface area contributed by atoms with E-state index in [1.165, 1.54) is 56.7 Å². The first-order chi connectivity index (χ1) is 15.7. The van der Waals surface area contributed by atoms with Crippen LogP contribution in [0.3, 0.4) is 0 Å². The number of amides is 1. The quantitative estimate of drug-likeness (QED) is 0.436. The number of carbonyl (C=O) groups is 1. The summed E-state index contributed by atoms with van der Waals surface area (Å²) in [7, 11) is -1.32. The second-order valence-electron chi connectivity index (χ2n) is 6.75. The molecule has 0 aliphatic carbocycles. The van der Waals surface area contributed by atoms with E-state index in [9.17, 15) is 17.6 Å². The summed E-state index contributed by atoms with van der Waals surface area (Å²) in [6.45, 7) is 0.0188.